The molecule has 0 unspecified atom stereocenters. The van der Waals surface area contributed by atoms with Gasteiger partial charge in [0.25, 0.3) is 0 Å². The number of phenols is 1. The van der Waals surface area contributed by atoms with Gasteiger partial charge < -0.3 is 10.1 Å². The van der Waals surface area contributed by atoms with Crippen LogP contribution in [0.3, 0.4) is 0 Å². The van der Waals surface area contributed by atoms with Crippen molar-refractivity contribution in [1.82, 2.24) is 9.88 Å². The molecule has 0 radical (unpaired) electrons. The molecule has 0 aliphatic carbocycles. The summed E-state index contributed by atoms with van der Waals surface area (Å²) in [7, 11) is 0. The molecule has 4 rings (SSSR count). The number of benzene rings is 2. The molecular weight excluding hydrogens is 260 g/mol. The summed E-state index contributed by atoms with van der Waals surface area (Å²) in [6, 6.07) is 14.2. The van der Waals surface area contributed by atoms with E-state index in [0.29, 0.717) is 5.75 Å². The highest BCUT2D eigenvalue weighted by Gasteiger charge is 2.17. The average molecular weight is 278 g/mol. The lowest BCUT2D eigenvalue weighted by molar-refractivity contribution is 0.246. The SMILES string of the molecule is Oc1ccc2[nH]cc(CN3CCc4ccccc4C3)c2c1. The van der Waals surface area contributed by atoms with E-state index >= 15 is 0 Å². The minimum Gasteiger partial charge on any atom is -0.508 e. The number of hydrogen-bond acceptors (Lipinski definition) is 2. The number of rotatable bonds is 2. The molecule has 3 heteroatoms. The Morgan fingerprint density at radius 1 is 1.10 bits per heavy atom. The van der Waals surface area contributed by atoms with E-state index in [1.807, 2.05) is 12.1 Å². The molecule has 2 N–H and O–H groups in total. The van der Waals surface area contributed by atoms with Crippen molar-refractivity contribution in [2.45, 2.75) is 19.5 Å². The van der Waals surface area contributed by atoms with E-state index in [0.717, 1.165) is 37.0 Å². The van der Waals surface area contributed by atoms with Gasteiger partial charge in [-0.15, -0.1) is 0 Å². The fourth-order valence-corrected chi connectivity index (χ4v) is 3.23. The number of nitrogens with zero attached hydrogens (tertiary/aromatic N) is 1. The van der Waals surface area contributed by atoms with Crippen molar-refractivity contribution in [2.24, 2.45) is 0 Å². The summed E-state index contributed by atoms with van der Waals surface area (Å²) in [5, 5.41) is 10.8. The van der Waals surface area contributed by atoms with E-state index in [9.17, 15) is 5.11 Å². The molecule has 0 atom stereocenters. The van der Waals surface area contributed by atoms with Crippen LogP contribution in [0, 0.1) is 0 Å². The van der Waals surface area contributed by atoms with E-state index in [1.165, 1.54) is 16.7 Å². The van der Waals surface area contributed by atoms with Gasteiger partial charge in [-0.05, 0) is 41.3 Å². The third-order valence-corrected chi connectivity index (χ3v) is 4.35. The van der Waals surface area contributed by atoms with Crippen LogP contribution in [-0.2, 0) is 19.5 Å². The molecule has 0 amide bonds. The van der Waals surface area contributed by atoms with Crippen LogP contribution in [0.1, 0.15) is 16.7 Å². The number of aromatic nitrogens is 1. The van der Waals surface area contributed by atoms with Crippen LogP contribution in [0.15, 0.2) is 48.7 Å². The maximum Gasteiger partial charge on any atom is 0.116 e. The number of nitrogens with one attached hydrogen (secondary N) is 1. The Morgan fingerprint density at radius 2 is 1.95 bits per heavy atom. The Kier molecular flexibility index (Phi) is 2.93. The van der Waals surface area contributed by atoms with Crippen LogP contribution in [0.5, 0.6) is 5.75 Å². The highest BCUT2D eigenvalue weighted by atomic mass is 16.3. The molecule has 2 aromatic carbocycles. The van der Waals surface area contributed by atoms with Crippen molar-refractivity contribution in [2.75, 3.05) is 6.54 Å². The quantitative estimate of drug-likeness (QED) is 0.754. The fraction of sp³-hybridized carbons (Fsp3) is 0.222. The summed E-state index contributed by atoms with van der Waals surface area (Å²) in [6.45, 7) is 3.00. The molecule has 0 spiro atoms. The first kappa shape index (κ1) is 12.5. The van der Waals surface area contributed by atoms with Gasteiger partial charge in [-0.3, -0.25) is 4.90 Å². The summed E-state index contributed by atoms with van der Waals surface area (Å²) in [5.41, 5.74) is 5.25. The predicted octanol–water partition coefficient (Wildman–Crippen LogP) is 3.43. The molecule has 3 nitrogen and oxygen atoms in total. The third kappa shape index (κ3) is 2.30. The fourth-order valence-electron chi connectivity index (χ4n) is 3.23. The molecule has 0 saturated carbocycles. The standard InChI is InChI=1S/C18H18N2O/c21-16-5-6-18-17(9-16)15(10-19-18)12-20-8-7-13-3-1-2-4-14(13)11-20/h1-6,9-10,19,21H,7-8,11-12H2. The summed E-state index contributed by atoms with van der Waals surface area (Å²) in [4.78, 5) is 5.75. The third-order valence-electron chi connectivity index (χ3n) is 4.35. The van der Waals surface area contributed by atoms with Gasteiger partial charge >= 0.3 is 0 Å². The van der Waals surface area contributed by atoms with Crippen molar-refractivity contribution < 1.29 is 5.11 Å². The zero-order valence-corrected chi connectivity index (χ0v) is 11.8. The van der Waals surface area contributed by atoms with Crippen molar-refractivity contribution in [3.05, 3.63) is 65.4 Å². The van der Waals surface area contributed by atoms with E-state index in [4.69, 9.17) is 0 Å². The molecule has 1 aromatic heterocycles. The number of phenolic OH excluding ortho intramolecular Hbond substituents is 1. The highest BCUT2D eigenvalue weighted by molar-refractivity contribution is 5.84. The van der Waals surface area contributed by atoms with Gasteiger partial charge in [-0.25, -0.2) is 0 Å². The van der Waals surface area contributed by atoms with Crippen LogP contribution in [-0.4, -0.2) is 21.5 Å². The van der Waals surface area contributed by atoms with Crippen LogP contribution >= 0.6 is 0 Å². The molecule has 2 heterocycles. The Labute approximate surface area is 123 Å². The van der Waals surface area contributed by atoms with Crippen LogP contribution in [0.25, 0.3) is 10.9 Å². The van der Waals surface area contributed by atoms with E-state index in [1.54, 1.807) is 6.07 Å². The minimum absolute atomic E-state index is 0.326. The van der Waals surface area contributed by atoms with E-state index in [-0.39, 0.29) is 0 Å². The van der Waals surface area contributed by atoms with Gasteiger partial charge in [0.05, 0.1) is 0 Å². The van der Waals surface area contributed by atoms with Crippen molar-refractivity contribution in [1.29, 1.82) is 0 Å². The summed E-state index contributed by atoms with van der Waals surface area (Å²) >= 11 is 0. The van der Waals surface area contributed by atoms with Crippen LogP contribution in [0.2, 0.25) is 0 Å². The van der Waals surface area contributed by atoms with Gasteiger partial charge in [0, 0.05) is 36.7 Å². The molecule has 0 saturated heterocycles. The second-order valence-electron chi connectivity index (χ2n) is 5.77. The lowest BCUT2D eigenvalue weighted by Crippen LogP contribution is -2.29. The Hall–Kier alpha value is -2.26. The lowest BCUT2D eigenvalue weighted by atomic mass is 9.99. The second-order valence-corrected chi connectivity index (χ2v) is 5.77. The smallest absolute Gasteiger partial charge is 0.116 e. The summed E-state index contributed by atoms with van der Waals surface area (Å²) < 4.78 is 0. The molecule has 0 fully saturated rings. The van der Waals surface area contributed by atoms with Crippen LogP contribution in [0.4, 0.5) is 0 Å². The molecule has 1 aliphatic rings. The van der Waals surface area contributed by atoms with Gasteiger partial charge in [0.1, 0.15) is 5.75 Å². The number of H-pyrrole nitrogens is 1. The van der Waals surface area contributed by atoms with Gasteiger partial charge in [0.15, 0.2) is 0 Å². The first-order chi connectivity index (χ1) is 10.3. The van der Waals surface area contributed by atoms with Crippen molar-refractivity contribution in [3.63, 3.8) is 0 Å². The average Bonchev–Trinajstić information content (AvgIpc) is 2.89. The molecule has 21 heavy (non-hydrogen) atoms. The summed E-state index contributed by atoms with van der Waals surface area (Å²) in [6.07, 6.45) is 3.17. The molecular formula is C18H18N2O. The monoisotopic (exact) mass is 278 g/mol. The summed E-state index contributed by atoms with van der Waals surface area (Å²) in [5.74, 6) is 0.326. The molecule has 1 aliphatic heterocycles. The largest absolute Gasteiger partial charge is 0.508 e. The van der Waals surface area contributed by atoms with Crippen LogP contribution < -0.4 is 0 Å². The van der Waals surface area contributed by atoms with Gasteiger partial charge in [0.2, 0.25) is 0 Å². The van der Waals surface area contributed by atoms with Gasteiger partial charge in [-0.2, -0.15) is 0 Å². The zero-order chi connectivity index (χ0) is 14.2. The maximum absolute atomic E-state index is 9.68. The topological polar surface area (TPSA) is 39.3 Å². The number of hydrogen-bond donors (Lipinski definition) is 2. The first-order valence-corrected chi connectivity index (χ1v) is 7.38. The van der Waals surface area contributed by atoms with Gasteiger partial charge in [-0.1, -0.05) is 24.3 Å². The second kappa shape index (κ2) is 4.93. The van der Waals surface area contributed by atoms with Crippen molar-refractivity contribution in [3.8, 4) is 5.75 Å². The maximum atomic E-state index is 9.68. The Morgan fingerprint density at radius 3 is 2.86 bits per heavy atom. The minimum atomic E-state index is 0.326. The van der Waals surface area contributed by atoms with Crippen molar-refractivity contribution >= 4 is 10.9 Å². The Balaban J connectivity index is 1.60. The predicted molar refractivity (Wildman–Crippen MR) is 84.2 cm³/mol. The van der Waals surface area contributed by atoms with E-state index < -0.39 is 0 Å². The number of aromatic hydroxyl groups is 1. The Bertz CT molecular complexity index is 791. The normalized spacial score (nSPS) is 15.2. The number of aromatic amines is 1. The van der Waals surface area contributed by atoms with E-state index in [2.05, 4.69) is 40.3 Å². The molecule has 106 valence electrons. The zero-order valence-electron chi connectivity index (χ0n) is 11.8. The lowest BCUT2D eigenvalue weighted by Gasteiger charge is -2.28. The first-order valence-electron chi connectivity index (χ1n) is 7.38. The highest BCUT2D eigenvalue weighted by Crippen LogP contribution is 2.26. The molecule has 3 aromatic rings. The molecule has 0 bridgehead atoms. The number of fused-ring (bicyclic) bond motifs is 2.